The second-order valence-electron chi connectivity index (χ2n) is 3.73. The summed E-state index contributed by atoms with van der Waals surface area (Å²) in [4.78, 5) is 16.0. The average Bonchev–Trinajstić information content (AvgIpc) is 2.46. The SMILES string of the molecule is CCC1CNc2nc(OC)ccc2NC1=O. The van der Waals surface area contributed by atoms with Crippen LogP contribution in [0.15, 0.2) is 12.1 Å². The van der Waals surface area contributed by atoms with Gasteiger partial charge in [-0.3, -0.25) is 4.79 Å². The minimum absolute atomic E-state index is 0.0137. The molecule has 0 aliphatic carbocycles. The van der Waals surface area contributed by atoms with E-state index in [1.807, 2.05) is 6.92 Å². The number of hydrogen-bond donors (Lipinski definition) is 2. The molecule has 1 unspecified atom stereocenters. The van der Waals surface area contributed by atoms with E-state index in [4.69, 9.17) is 4.74 Å². The van der Waals surface area contributed by atoms with E-state index in [0.717, 1.165) is 6.42 Å². The first-order chi connectivity index (χ1) is 7.74. The zero-order valence-electron chi connectivity index (χ0n) is 9.41. The molecule has 0 bridgehead atoms. The third-order valence-corrected chi connectivity index (χ3v) is 2.72. The lowest BCUT2D eigenvalue weighted by Crippen LogP contribution is -2.24. The summed E-state index contributed by atoms with van der Waals surface area (Å²) in [5, 5.41) is 6.01. The van der Waals surface area contributed by atoms with Crippen molar-refractivity contribution in [2.75, 3.05) is 24.3 Å². The summed E-state index contributed by atoms with van der Waals surface area (Å²) in [5.41, 5.74) is 0.710. The van der Waals surface area contributed by atoms with Gasteiger partial charge in [0.15, 0.2) is 5.82 Å². The minimum atomic E-state index is -0.0137. The molecule has 2 N–H and O–H groups in total. The Balaban J connectivity index is 2.29. The molecule has 1 aliphatic rings. The molecular weight excluding hydrogens is 206 g/mol. The largest absolute Gasteiger partial charge is 0.481 e. The summed E-state index contributed by atoms with van der Waals surface area (Å²) < 4.78 is 5.04. The zero-order valence-corrected chi connectivity index (χ0v) is 9.41. The second-order valence-corrected chi connectivity index (χ2v) is 3.73. The number of anilines is 2. The van der Waals surface area contributed by atoms with Crippen LogP contribution in [0.1, 0.15) is 13.3 Å². The molecule has 0 saturated carbocycles. The molecule has 86 valence electrons. The molecule has 0 fully saturated rings. The summed E-state index contributed by atoms with van der Waals surface area (Å²) in [5.74, 6) is 1.24. The van der Waals surface area contributed by atoms with Crippen molar-refractivity contribution >= 4 is 17.4 Å². The van der Waals surface area contributed by atoms with Crippen LogP contribution in [-0.2, 0) is 4.79 Å². The fraction of sp³-hybridized carbons (Fsp3) is 0.455. The van der Waals surface area contributed by atoms with E-state index in [2.05, 4.69) is 15.6 Å². The maximum atomic E-state index is 11.8. The molecule has 1 aliphatic heterocycles. The maximum absolute atomic E-state index is 11.8. The average molecular weight is 221 g/mol. The molecule has 2 heterocycles. The molecule has 2 rings (SSSR count). The number of fused-ring (bicyclic) bond motifs is 1. The summed E-state index contributed by atoms with van der Waals surface area (Å²) in [6, 6.07) is 3.52. The number of pyridine rings is 1. The summed E-state index contributed by atoms with van der Waals surface area (Å²) in [6.45, 7) is 2.60. The van der Waals surface area contributed by atoms with Gasteiger partial charge in [0.05, 0.1) is 18.7 Å². The Morgan fingerprint density at radius 2 is 2.38 bits per heavy atom. The molecule has 1 atom stereocenters. The summed E-state index contributed by atoms with van der Waals surface area (Å²) in [6.07, 6.45) is 0.809. The first kappa shape index (κ1) is 10.7. The van der Waals surface area contributed by atoms with Gasteiger partial charge >= 0.3 is 0 Å². The number of amides is 1. The fourth-order valence-electron chi connectivity index (χ4n) is 1.67. The fourth-order valence-corrected chi connectivity index (χ4v) is 1.67. The van der Waals surface area contributed by atoms with Crippen LogP contribution in [-0.4, -0.2) is 24.5 Å². The van der Waals surface area contributed by atoms with Gasteiger partial charge in [-0.2, -0.15) is 4.98 Å². The molecule has 16 heavy (non-hydrogen) atoms. The molecule has 5 heteroatoms. The highest BCUT2D eigenvalue weighted by atomic mass is 16.5. The van der Waals surface area contributed by atoms with E-state index >= 15 is 0 Å². The Labute approximate surface area is 94.2 Å². The quantitative estimate of drug-likeness (QED) is 0.794. The Morgan fingerprint density at radius 1 is 1.56 bits per heavy atom. The predicted molar refractivity (Wildman–Crippen MR) is 61.7 cm³/mol. The number of ether oxygens (including phenoxy) is 1. The van der Waals surface area contributed by atoms with Crippen molar-refractivity contribution in [2.45, 2.75) is 13.3 Å². The number of hydrogen-bond acceptors (Lipinski definition) is 4. The summed E-state index contributed by atoms with van der Waals surface area (Å²) >= 11 is 0. The van der Waals surface area contributed by atoms with Gasteiger partial charge in [0, 0.05) is 12.6 Å². The van der Waals surface area contributed by atoms with E-state index in [9.17, 15) is 4.79 Å². The zero-order chi connectivity index (χ0) is 11.5. The third-order valence-electron chi connectivity index (χ3n) is 2.72. The van der Waals surface area contributed by atoms with E-state index in [1.54, 1.807) is 19.2 Å². The number of carbonyl (C=O) groups is 1. The van der Waals surface area contributed by atoms with Crippen LogP contribution in [0.4, 0.5) is 11.5 Å². The number of carbonyl (C=O) groups excluding carboxylic acids is 1. The minimum Gasteiger partial charge on any atom is -0.481 e. The van der Waals surface area contributed by atoms with Gasteiger partial charge in [-0.15, -0.1) is 0 Å². The predicted octanol–water partition coefficient (Wildman–Crippen LogP) is 1.48. The lowest BCUT2D eigenvalue weighted by molar-refractivity contribution is -0.119. The van der Waals surface area contributed by atoms with Crippen LogP contribution < -0.4 is 15.4 Å². The Bertz CT molecular complexity index is 406. The molecular formula is C11H15N3O2. The van der Waals surface area contributed by atoms with Gasteiger partial charge in [0.1, 0.15) is 0 Å². The standard InChI is InChI=1S/C11H15N3O2/c1-3-7-6-12-10-8(13-11(7)15)4-5-9(14-10)16-2/h4-5,7H,3,6H2,1-2H3,(H,12,14)(H,13,15). The van der Waals surface area contributed by atoms with Crippen LogP contribution >= 0.6 is 0 Å². The van der Waals surface area contributed by atoms with E-state index in [1.165, 1.54) is 0 Å². The van der Waals surface area contributed by atoms with Gasteiger partial charge in [0.25, 0.3) is 0 Å². The van der Waals surface area contributed by atoms with Crippen LogP contribution in [0.3, 0.4) is 0 Å². The molecule has 0 aromatic carbocycles. The number of nitrogens with zero attached hydrogens (tertiary/aromatic N) is 1. The first-order valence-corrected chi connectivity index (χ1v) is 5.34. The number of nitrogens with one attached hydrogen (secondary N) is 2. The third kappa shape index (κ3) is 1.93. The first-order valence-electron chi connectivity index (χ1n) is 5.34. The highest BCUT2D eigenvalue weighted by Gasteiger charge is 2.22. The molecule has 0 spiro atoms. The van der Waals surface area contributed by atoms with Gasteiger partial charge in [-0.05, 0) is 12.5 Å². The van der Waals surface area contributed by atoms with Crippen molar-refractivity contribution in [1.82, 2.24) is 4.98 Å². The molecule has 5 nitrogen and oxygen atoms in total. The molecule has 1 aromatic heterocycles. The highest BCUT2D eigenvalue weighted by molar-refractivity contribution is 5.96. The Morgan fingerprint density at radius 3 is 3.06 bits per heavy atom. The van der Waals surface area contributed by atoms with Gasteiger partial charge in [-0.25, -0.2) is 0 Å². The topological polar surface area (TPSA) is 63.3 Å². The number of aromatic nitrogens is 1. The molecule has 1 aromatic rings. The van der Waals surface area contributed by atoms with Crippen LogP contribution in [0.2, 0.25) is 0 Å². The monoisotopic (exact) mass is 221 g/mol. The van der Waals surface area contributed by atoms with Crippen LogP contribution in [0.5, 0.6) is 5.88 Å². The smallest absolute Gasteiger partial charge is 0.229 e. The lowest BCUT2D eigenvalue weighted by Gasteiger charge is -2.08. The van der Waals surface area contributed by atoms with Crippen molar-refractivity contribution in [1.29, 1.82) is 0 Å². The van der Waals surface area contributed by atoms with Gasteiger partial charge in [-0.1, -0.05) is 6.92 Å². The van der Waals surface area contributed by atoms with Crippen LogP contribution in [0.25, 0.3) is 0 Å². The Kier molecular flexibility index (Phi) is 2.94. The van der Waals surface area contributed by atoms with E-state index in [0.29, 0.717) is 23.9 Å². The van der Waals surface area contributed by atoms with Gasteiger partial charge < -0.3 is 15.4 Å². The highest BCUT2D eigenvalue weighted by Crippen LogP contribution is 2.26. The number of rotatable bonds is 2. The van der Waals surface area contributed by atoms with E-state index < -0.39 is 0 Å². The second kappa shape index (κ2) is 4.38. The van der Waals surface area contributed by atoms with Crippen molar-refractivity contribution in [3.8, 4) is 5.88 Å². The molecule has 0 saturated heterocycles. The van der Waals surface area contributed by atoms with Crippen molar-refractivity contribution in [3.05, 3.63) is 12.1 Å². The summed E-state index contributed by atoms with van der Waals surface area (Å²) in [7, 11) is 1.57. The van der Waals surface area contributed by atoms with Crippen molar-refractivity contribution in [3.63, 3.8) is 0 Å². The molecule has 0 radical (unpaired) electrons. The normalized spacial score (nSPS) is 19.1. The Hall–Kier alpha value is -1.78. The number of methoxy groups -OCH3 is 1. The van der Waals surface area contributed by atoms with Gasteiger partial charge in [0.2, 0.25) is 11.8 Å². The van der Waals surface area contributed by atoms with Crippen LogP contribution in [0, 0.1) is 5.92 Å². The lowest BCUT2D eigenvalue weighted by atomic mass is 10.1. The maximum Gasteiger partial charge on any atom is 0.229 e. The van der Waals surface area contributed by atoms with Crippen molar-refractivity contribution < 1.29 is 9.53 Å². The van der Waals surface area contributed by atoms with E-state index in [-0.39, 0.29) is 11.8 Å². The molecule has 1 amide bonds. The van der Waals surface area contributed by atoms with Crippen molar-refractivity contribution in [2.24, 2.45) is 5.92 Å².